The minimum absolute atomic E-state index is 0.353. The number of rotatable bonds is 5. The van der Waals surface area contributed by atoms with Gasteiger partial charge in [-0.2, -0.15) is 0 Å². The van der Waals surface area contributed by atoms with Gasteiger partial charge >= 0.3 is 6.09 Å². The molecule has 30 heavy (non-hydrogen) atoms. The van der Waals surface area contributed by atoms with Gasteiger partial charge in [0.25, 0.3) is 0 Å². The molecule has 152 valence electrons. The van der Waals surface area contributed by atoms with Crippen molar-refractivity contribution in [3.63, 3.8) is 0 Å². The average molecular weight is 426 g/mol. The number of primary amides is 1. The van der Waals surface area contributed by atoms with Gasteiger partial charge in [0.2, 0.25) is 0 Å². The van der Waals surface area contributed by atoms with Crippen molar-refractivity contribution >= 4 is 27.6 Å². The highest BCUT2D eigenvalue weighted by Gasteiger charge is 2.13. The third-order valence-electron chi connectivity index (χ3n) is 4.35. The Hall–Kier alpha value is -3.52. The zero-order valence-electron chi connectivity index (χ0n) is 15.8. The van der Waals surface area contributed by atoms with Gasteiger partial charge in [0.15, 0.2) is 0 Å². The van der Waals surface area contributed by atoms with Crippen molar-refractivity contribution < 1.29 is 23.0 Å². The molecule has 1 atom stereocenters. The van der Waals surface area contributed by atoms with Gasteiger partial charge < -0.3 is 15.2 Å². The second-order valence-electron chi connectivity index (χ2n) is 6.56. The molecule has 1 aromatic heterocycles. The summed E-state index contributed by atoms with van der Waals surface area (Å²) in [4.78, 5) is 15.4. The first-order valence-corrected chi connectivity index (χ1v) is 9.80. The normalized spacial score (nSPS) is 12.0. The Bertz CT molecular complexity index is 1200. The van der Waals surface area contributed by atoms with E-state index in [-0.39, 0.29) is 0 Å². The quantitative estimate of drug-likeness (QED) is 0.435. The van der Waals surface area contributed by atoms with Gasteiger partial charge in [0.1, 0.15) is 34.2 Å². The maximum atomic E-state index is 13.5. The van der Waals surface area contributed by atoms with Crippen LogP contribution >= 0.6 is 11.3 Å². The molecule has 0 bridgehead atoms. The van der Waals surface area contributed by atoms with Crippen LogP contribution in [0.4, 0.5) is 13.6 Å². The van der Waals surface area contributed by atoms with E-state index >= 15 is 0 Å². The molecule has 1 amide bonds. The van der Waals surface area contributed by atoms with Gasteiger partial charge in [0, 0.05) is 11.6 Å². The SMILES string of the molecule is CC(Oc1ccc2nc(-c3ccc(OC(N)=O)cc3)sc2c1)c1cc(F)cc(F)c1. The minimum Gasteiger partial charge on any atom is -0.486 e. The number of hydrogen-bond acceptors (Lipinski definition) is 5. The van der Waals surface area contributed by atoms with Gasteiger partial charge in [-0.3, -0.25) is 0 Å². The lowest BCUT2D eigenvalue weighted by Crippen LogP contribution is -2.16. The summed E-state index contributed by atoms with van der Waals surface area (Å²) in [5.41, 5.74) is 7.07. The Morgan fingerprint density at radius 2 is 1.67 bits per heavy atom. The fraction of sp³-hybridized carbons (Fsp3) is 0.0909. The first-order chi connectivity index (χ1) is 14.4. The summed E-state index contributed by atoms with van der Waals surface area (Å²) in [6, 6.07) is 15.6. The molecule has 0 aliphatic heterocycles. The molecule has 0 spiro atoms. The van der Waals surface area contributed by atoms with Crippen molar-refractivity contribution in [1.82, 2.24) is 4.98 Å². The first kappa shape index (κ1) is 19.8. The Kier molecular flexibility index (Phi) is 5.33. The van der Waals surface area contributed by atoms with Crippen LogP contribution < -0.4 is 15.2 Å². The monoisotopic (exact) mass is 426 g/mol. The van der Waals surface area contributed by atoms with Crippen LogP contribution in [0, 0.1) is 11.6 Å². The largest absolute Gasteiger partial charge is 0.486 e. The van der Waals surface area contributed by atoms with Gasteiger partial charge in [-0.25, -0.2) is 18.6 Å². The van der Waals surface area contributed by atoms with E-state index < -0.39 is 23.8 Å². The van der Waals surface area contributed by atoms with Gasteiger partial charge in [-0.05, 0) is 67.1 Å². The molecule has 0 radical (unpaired) electrons. The zero-order chi connectivity index (χ0) is 21.3. The van der Waals surface area contributed by atoms with E-state index in [1.54, 1.807) is 37.3 Å². The van der Waals surface area contributed by atoms with Gasteiger partial charge in [-0.15, -0.1) is 11.3 Å². The number of fused-ring (bicyclic) bond motifs is 1. The summed E-state index contributed by atoms with van der Waals surface area (Å²) in [6.45, 7) is 1.73. The summed E-state index contributed by atoms with van der Waals surface area (Å²) in [5, 5.41) is 0.785. The van der Waals surface area contributed by atoms with Crippen molar-refractivity contribution in [3.8, 4) is 22.1 Å². The zero-order valence-corrected chi connectivity index (χ0v) is 16.6. The van der Waals surface area contributed by atoms with E-state index in [1.165, 1.54) is 23.5 Å². The topological polar surface area (TPSA) is 74.4 Å². The Morgan fingerprint density at radius 3 is 2.33 bits per heavy atom. The van der Waals surface area contributed by atoms with E-state index in [0.29, 0.717) is 17.1 Å². The molecule has 1 unspecified atom stereocenters. The standard InChI is InChI=1S/C22H16F2N2O3S/c1-12(14-8-15(23)10-16(24)9-14)28-18-6-7-19-20(11-18)30-21(26-19)13-2-4-17(5-3-13)29-22(25)27/h2-12H,1H3,(H2,25,27). The predicted octanol–water partition coefficient (Wildman–Crippen LogP) is 5.84. The van der Waals surface area contributed by atoms with Crippen LogP contribution in [0.15, 0.2) is 60.7 Å². The Balaban J connectivity index is 1.55. The fourth-order valence-electron chi connectivity index (χ4n) is 2.97. The van der Waals surface area contributed by atoms with Gasteiger partial charge in [-0.1, -0.05) is 0 Å². The summed E-state index contributed by atoms with van der Waals surface area (Å²) in [5.74, 6) is -0.364. The third-order valence-corrected chi connectivity index (χ3v) is 5.41. The predicted molar refractivity (Wildman–Crippen MR) is 111 cm³/mol. The molecule has 1 heterocycles. The lowest BCUT2D eigenvalue weighted by Gasteiger charge is -2.15. The molecule has 0 fully saturated rings. The van der Waals surface area contributed by atoms with Crippen molar-refractivity contribution in [2.24, 2.45) is 5.73 Å². The second kappa shape index (κ2) is 8.08. The number of nitrogens with zero attached hydrogens (tertiary/aromatic N) is 1. The number of aromatic nitrogens is 1. The fourth-order valence-corrected chi connectivity index (χ4v) is 3.97. The molecule has 4 rings (SSSR count). The number of halogens is 2. The molecule has 4 aromatic rings. The highest BCUT2D eigenvalue weighted by Crippen LogP contribution is 2.34. The number of amides is 1. The van der Waals surface area contributed by atoms with Crippen LogP contribution in [-0.4, -0.2) is 11.1 Å². The number of carbonyl (C=O) groups excluding carboxylic acids is 1. The van der Waals surface area contributed by atoms with Crippen LogP contribution in [0.25, 0.3) is 20.8 Å². The van der Waals surface area contributed by atoms with E-state index in [9.17, 15) is 13.6 Å². The van der Waals surface area contributed by atoms with E-state index in [4.69, 9.17) is 15.2 Å². The van der Waals surface area contributed by atoms with E-state index in [1.807, 2.05) is 12.1 Å². The second-order valence-corrected chi connectivity index (χ2v) is 7.59. The summed E-state index contributed by atoms with van der Waals surface area (Å²) in [7, 11) is 0. The number of carbonyl (C=O) groups is 1. The highest BCUT2D eigenvalue weighted by molar-refractivity contribution is 7.21. The average Bonchev–Trinajstić information content (AvgIpc) is 3.10. The molecule has 0 aliphatic carbocycles. The summed E-state index contributed by atoms with van der Waals surface area (Å²) < 4.78 is 38.5. The first-order valence-electron chi connectivity index (χ1n) is 8.98. The minimum atomic E-state index is -0.870. The molecule has 0 aliphatic rings. The summed E-state index contributed by atoms with van der Waals surface area (Å²) >= 11 is 1.47. The van der Waals surface area contributed by atoms with E-state index in [0.717, 1.165) is 26.9 Å². The molecular formula is C22H16F2N2O3S. The molecule has 0 saturated carbocycles. The Labute approximate surface area is 174 Å². The maximum Gasteiger partial charge on any atom is 0.409 e. The Morgan fingerprint density at radius 1 is 1.00 bits per heavy atom. The third kappa shape index (κ3) is 4.38. The van der Waals surface area contributed by atoms with Crippen LogP contribution in [0.3, 0.4) is 0 Å². The summed E-state index contributed by atoms with van der Waals surface area (Å²) in [6.07, 6.45) is -1.40. The number of thiazole rings is 1. The number of hydrogen-bond donors (Lipinski definition) is 1. The molecule has 8 heteroatoms. The molecular weight excluding hydrogens is 410 g/mol. The molecule has 2 N–H and O–H groups in total. The van der Waals surface area contributed by atoms with Crippen molar-refractivity contribution in [2.75, 3.05) is 0 Å². The van der Waals surface area contributed by atoms with Crippen LogP contribution in [0.5, 0.6) is 11.5 Å². The van der Waals surface area contributed by atoms with Crippen molar-refractivity contribution in [3.05, 3.63) is 77.9 Å². The van der Waals surface area contributed by atoms with Crippen LogP contribution in [0.2, 0.25) is 0 Å². The lowest BCUT2D eigenvalue weighted by molar-refractivity contribution is 0.211. The van der Waals surface area contributed by atoms with Crippen LogP contribution in [-0.2, 0) is 0 Å². The smallest absolute Gasteiger partial charge is 0.409 e. The number of ether oxygens (including phenoxy) is 2. The molecule has 5 nitrogen and oxygen atoms in total. The van der Waals surface area contributed by atoms with Crippen LogP contribution in [0.1, 0.15) is 18.6 Å². The van der Waals surface area contributed by atoms with E-state index in [2.05, 4.69) is 4.98 Å². The lowest BCUT2D eigenvalue weighted by atomic mass is 10.1. The highest BCUT2D eigenvalue weighted by atomic mass is 32.1. The molecule has 3 aromatic carbocycles. The van der Waals surface area contributed by atoms with Crippen molar-refractivity contribution in [1.29, 1.82) is 0 Å². The van der Waals surface area contributed by atoms with Gasteiger partial charge in [0.05, 0.1) is 10.2 Å². The number of nitrogens with two attached hydrogens (primary N) is 1. The molecule has 0 saturated heterocycles. The van der Waals surface area contributed by atoms with Crippen molar-refractivity contribution in [2.45, 2.75) is 13.0 Å². The maximum absolute atomic E-state index is 13.5. The number of benzene rings is 3.